The molecule has 0 saturated heterocycles. The largest absolute Gasteiger partial charge is 0.394 e. The van der Waals surface area contributed by atoms with Gasteiger partial charge in [-0.25, -0.2) is 0 Å². The van der Waals surface area contributed by atoms with Gasteiger partial charge in [-0.3, -0.25) is 18.2 Å². The molecule has 0 spiro atoms. The Balaban J connectivity index is -0.0000000457. The summed E-state index contributed by atoms with van der Waals surface area (Å²) in [4.78, 5) is 0. The van der Waals surface area contributed by atoms with Crippen LogP contribution in [0.1, 0.15) is 0 Å². The third-order valence-corrected chi connectivity index (χ3v) is 0. The fourth-order valence-electron chi connectivity index (χ4n) is 0. The summed E-state index contributed by atoms with van der Waals surface area (Å²) in [5.41, 5.74) is 0. The Morgan fingerprint density at radius 3 is 0.583 bits per heavy atom. The predicted molar refractivity (Wildman–Crippen MR) is 28.4 cm³/mol. The quantitative estimate of drug-likeness (QED) is 0.317. The van der Waals surface area contributed by atoms with Gasteiger partial charge in [0.25, 0.3) is 0 Å². The van der Waals surface area contributed by atoms with Crippen molar-refractivity contribution in [2.45, 2.75) is 0 Å². The third kappa shape index (κ3) is 1700. The second-order valence-corrected chi connectivity index (χ2v) is 2.69. The first-order valence-corrected chi connectivity index (χ1v) is 4.19. The first-order valence-electron chi connectivity index (χ1n) is 1.40. The van der Waals surface area contributed by atoms with E-state index in [0.29, 0.717) is 0 Å². The summed E-state index contributed by atoms with van der Waals surface area (Å²) < 4.78 is 63.2. The number of hydrogen-bond donors (Lipinski definition) is 4. The molecule has 0 fully saturated rings. The molecule has 0 heterocycles. The van der Waals surface area contributed by atoms with Crippen molar-refractivity contribution in [2.24, 2.45) is 0 Å². The van der Waals surface area contributed by atoms with Crippen molar-refractivity contribution >= 4 is 20.8 Å². The number of rotatable bonds is 0. The standard InChI is InChI=1S/2Cu.2H2O4S/c;;2*1-5(2,3)4/h;;2*(H2,1,2,3,4). The van der Waals surface area contributed by atoms with Crippen LogP contribution in [-0.2, 0) is 54.9 Å². The SMILES string of the molecule is O=S(=O)(O)O.O=S(=O)(O)O.[Cu].[Cu]. The van der Waals surface area contributed by atoms with Gasteiger partial charge >= 0.3 is 20.8 Å². The minimum Gasteiger partial charge on any atom is -0.264 e. The zero-order chi connectivity index (χ0) is 9.00. The molecule has 2 radical (unpaired) electrons. The van der Waals surface area contributed by atoms with E-state index in [1.54, 1.807) is 0 Å². The van der Waals surface area contributed by atoms with Crippen LogP contribution < -0.4 is 0 Å². The molecule has 4 N–H and O–H groups in total. The molecule has 0 aliphatic rings. The minimum absolute atomic E-state index is 0. The molecule has 8 nitrogen and oxygen atoms in total. The molecule has 0 unspecified atom stereocenters. The molecule has 0 aliphatic carbocycles. The van der Waals surface area contributed by atoms with Gasteiger partial charge in [0.15, 0.2) is 0 Å². The van der Waals surface area contributed by atoms with Gasteiger partial charge in [0.2, 0.25) is 0 Å². The van der Waals surface area contributed by atoms with E-state index in [1.807, 2.05) is 0 Å². The monoisotopic (exact) mass is 322 g/mol. The van der Waals surface area contributed by atoms with Crippen LogP contribution in [0.4, 0.5) is 0 Å². The summed E-state index contributed by atoms with van der Waals surface area (Å²) in [7, 11) is -9.33. The van der Waals surface area contributed by atoms with Gasteiger partial charge in [-0.1, -0.05) is 0 Å². The van der Waals surface area contributed by atoms with Gasteiger partial charge in [-0.05, 0) is 0 Å². The van der Waals surface area contributed by atoms with Crippen LogP contribution in [0.2, 0.25) is 0 Å². The summed E-state index contributed by atoms with van der Waals surface area (Å²) in [6, 6.07) is 0. The van der Waals surface area contributed by atoms with E-state index >= 15 is 0 Å². The van der Waals surface area contributed by atoms with Crippen molar-refractivity contribution < 1.29 is 69.2 Å². The van der Waals surface area contributed by atoms with Crippen molar-refractivity contribution in [2.75, 3.05) is 0 Å². The van der Waals surface area contributed by atoms with Gasteiger partial charge in [-0.2, -0.15) is 16.8 Å². The van der Waals surface area contributed by atoms with Crippen molar-refractivity contribution in [3.8, 4) is 0 Å². The van der Waals surface area contributed by atoms with Crippen LogP contribution in [0.5, 0.6) is 0 Å². The zero-order valence-electron chi connectivity index (χ0n) is 4.84. The second-order valence-electron chi connectivity index (χ2n) is 0.896. The minimum atomic E-state index is -4.67. The Morgan fingerprint density at radius 2 is 0.583 bits per heavy atom. The van der Waals surface area contributed by atoms with E-state index in [4.69, 9.17) is 35.0 Å². The van der Waals surface area contributed by atoms with Gasteiger partial charge in [0.05, 0.1) is 0 Å². The smallest absolute Gasteiger partial charge is 0.264 e. The summed E-state index contributed by atoms with van der Waals surface area (Å²) in [6.45, 7) is 0. The zero-order valence-corrected chi connectivity index (χ0v) is 8.36. The Bertz CT molecular complexity index is 211. The molecule has 86 valence electrons. The van der Waals surface area contributed by atoms with Gasteiger partial charge in [0, 0.05) is 34.1 Å². The molecule has 0 aromatic carbocycles. The molecule has 0 amide bonds. The molecular formula is H4Cu2O8S2. The summed E-state index contributed by atoms with van der Waals surface area (Å²) in [5.74, 6) is 0. The van der Waals surface area contributed by atoms with Crippen molar-refractivity contribution in [3.05, 3.63) is 0 Å². The Kier molecular flexibility index (Phi) is 16.1. The van der Waals surface area contributed by atoms with E-state index in [1.165, 1.54) is 0 Å². The average molecular weight is 323 g/mol. The molecule has 12 heavy (non-hydrogen) atoms. The maximum atomic E-state index is 8.74. The summed E-state index contributed by atoms with van der Waals surface area (Å²) in [6.07, 6.45) is 0. The summed E-state index contributed by atoms with van der Waals surface area (Å²) >= 11 is 0. The molecule has 12 heteroatoms. The first-order chi connectivity index (χ1) is 4.00. The van der Waals surface area contributed by atoms with Crippen molar-refractivity contribution in [1.29, 1.82) is 0 Å². The molecule has 0 atom stereocenters. The fourth-order valence-corrected chi connectivity index (χ4v) is 0. The Hall–Kier alpha value is 0.779. The van der Waals surface area contributed by atoms with Crippen LogP contribution in [0.3, 0.4) is 0 Å². The summed E-state index contributed by atoms with van der Waals surface area (Å²) in [5, 5.41) is 0. The van der Waals surface area contributed by atoms with E-state index in [-0.39, 0.29) is 34.1 Å². The number of hydrogen-bond acceptors (Lipinski definition) is 4. The van der Waals surface area contributed by atoms with Crippen LogP contribution in [-0.4, -0.2) is 35.0 Å². The van der Waals surface area contributed by atoms with Crippen LogP contribution in [0.25, 0.3) is 0 Å². The van der Waals surface area contributed by atoms with Crippen LogP contribution in [0.15, 0.2) is 0 Å². The molecule has 0 rings (SSSR count). The molecule has 0 aromatic rings. The maximum Gasteiger partial charge on any atom is 0.394 e. The van der Waals surface area contributed by atoms with Crippen molar-refractivity contribution in [3.63, 3.8) is 0 Å². The van der Waals surface area contributed by atoms with E-state index < -0.39 is 20.8 Å². The van der Waals surface area contributed by atoms with Gasteiger partial charge in [-0.15, -0.1) is 0 Å². The average Bonchev–Trinajstić information content (AvgIpc) is 1.12. The predicted octanol–water partition coefficient (Wildman–Crippen LogP) is -1.31. The molecule has 0 saturated carbocycles. The molecule has 0 bridgehead atoms. The van der Waals surface area contributed by atoms with Gasteiger partial charge < -0.3 is 0 Å². The topological polar surface area (TPSA) is 149 Å². The Morgan fingerprint density at radius 1 is 0.583 bits per heavy atom. The van der Waals surface area contributed by atoms with E-state index in [0.717, 1.165) is 0 Å². The Labute approximate surface area is 89.8 Å². The van der Waals surface area contributed by atoms with Crippen LogP contribution in [0, 0.1) is 0 Å². The normalized spacial score (nSPS) is 9.67. The first kappa shape index (κ1) is 23.0. The molecule has 0 aliphatic heterocycles. The third-order valence-electron chi connectivity index (χ3n) is 0. The van der Waals surface area contributed by atoms with Crippen LogP contribution >= 0.6 is 0 Å². The van der Waals surface area contributed by atoms with Crippen molar-refractivity contribution in [1.82, 2.24) is 0 Å². The van der Waals surface area contributed by atoms with E-state index in [9.17, 15) is 0 Å². The van der Waals surface area contributed by atoms with Gasteiger partial charge in [0.1, 0.15) is 0 Å². The fraction of sp³-hybridized carbons (Fsp3) is 0. The second kappa shape index (κ2) is 8.38. The molecular weight excluding hydrogens is 319 g/mol. The molecule has 0 aromatic heterocycles. The maximum absolute atomic E-state index is 8.74. The van der Waals surface area contributed by atoms with E-state index in [2.05, 4.69) is 0 Å².